The second-order valence-electron chi connectivity index (χ2n) is 10.1. The van der Waals surface area contributed by atoms with Crippen LogP contribution in [0.15, 0.2) is 11.6 Å². The van der Waals surface area contributed by atoms with E-state index < -0.39 is 0 Å². The van der Waals surface area contributed by atoms with Gasteiger partial charge in [-0.05, 0) is 75.5 Å². The molecule has 0 bridgehead atoms. The zero-order valence-corrected chi connectivity index (χ0v) is 19.0. The highest BCUT2D eigenvalue weighted by Crippen LogP contribution is 2.50. The van der Waals surface area contributed by atoms with Crippen molar-refractivity contribution in [3.63, 3.8) is 0 Å². The molecule has 4 nitrogen and oxygen atoms in total. The van der Waals surface area contributed by atoms with Crippen molar-refractivity contribution in [2.24, 2.45) is 35.5 Å². The Kier molecular flexibility index (Phi) is 7.45. The third kappa shape index (κ3) is 5.24. The smallest absolute Gasteiger partial charge is 0.308 e. The Labute approximate surface area is 176 Å². The van der Waals surface area contributed by atoms with Gasteiger partial charge in [-0.25, -0.2) is 0 Å². The zero-order chi connectivity index (χ0) is 21.1. The van der Waals surface area contributed by atoms with E-state index in [0.717, 1.165) is 38.5 Å². The summed E-state index contributed by atoms with van der Waals surface area (Å²) in [6, 6.07) is 0. The molecular formula is C25H40O4. The van der Waals surface area contributed by atoms with Crippen molar-refractivity contribution in [2.45, 2.75) is 98.2 Å². The maximum atomic E-state index is 12.6. The first kappa shape index (κ1) is 22.4. The molecule has 2 aliphatic carbocycles. The molecule has 0 spiro atoms. The lowest BCUT2D eigenvalue weighted by Crippen LogP contribution is -2.47. The highest BCUT2D eigenvalue weighted by atomic mass is 16.5. The maximum Gasteiger partial charge on any atom is 0.308 e. The molecule has 1 saturated heterocycles. The van der Waals surface area contributed by atoms with Crippen molar-refractivity contribution < 1.29 is 19.1 Å². The van der Waals surface area contributed by atoms with E-state index in [1.54, 1.807) is 0 Å². The van der Waals surface area contributed by atoms with Crippen molar-refractivity contribution in [1.29, 1.82) is 0 Å². The highest BCUT2D eigenvalue weighted by Gasteiger charge is 2.47. The second kappa shape index (κ2) is 9.66. The summed E-state index contributed by atoms with van der Waals surface area (Å²) in [5, 5.41) is 0. The SMILES string of the molecule is CCC(C)C(=O)O[C@H]1C[C@@H](C)C[C@@H]2C(C)=C[C@@H](C)[C@H](CC[C@H]3CCCC(=O)O3)[C@@H]12. The molecule has 0 aromatic rings. The lowest BCUT2D eigenvalue weighted by atomic mass is 9.58. The fraction of sp³-hybridized carbons (Fsp3) is 0.840. The van der Waals surface area contributed by atoms with E-state index in [1.807, 2.05) is 13.8 Å². The van der Waals surface area contributed by atoms with Crippen LogP contribution in [0.25, 0.3) is 0 Å². The third-order valence-electron chi connectivity index (χ3n) is 7.77. The predicted octanol–water partition coefficient (Wildman–Crippen LogP) is 5.69. The fourth-order valence-electron chi connectivity index (χ4n) is 5.95. The number of rotatable bonds is 6. The van der Waals surface area contributed by atoms with Gasteiger partial charge in [0.15, 0.2) is 0 Å². The van der Waals surface area contributed by atoms with E-state index in [1.165, 1.54) is 12.0 Å². The van der Waals surface area contributed by atoms with Crippen LogP contribution in [0.5, 0.6) is 0 Å². The molecule has 0 N–H and O–H groups in total. The Bertz CT molecular complexity index is 624. The number of hydrogen-bond acceptors (Lipinski definition) is 4. The van der Waals surface area contributed by atoms with Crippen molar-refractivity contribution in [3.05, 3.63) is 11.6 Å². The van der Waals surface area contributed by atoms with Crippen molar-refractivity contribution >= 4 is 11.9 Å². The molecule has 0 radical (unpaired) electrons. The average Bonchev–Trinajstić information content (AvgIpc) is 2.67. The number of hydrogen-bond donors (Lipinski definition) is 0. The molecule has 29 heavy (non-hydrogen) atoms. The normalized spacial score (nSPS) is 38.4. The van der Waals surface area contributed by atoms with Gasteiger partial charge in [0.25, 0.3) is 0 Å². The van der Waals surface area contributed by atoms with Crippen LogP contribution in [-0.2, 0) is 19.1 Å². The van der Waals surface area contributed by atoms with Gasteiger partial charge in [-0.3, -0.25) is 9.59 Å². The number of esters is 2. The van der Waals surface area contributed by atoms with Crippen LogP contribution >= 0.6 is 0 Å². The summed E-state index contributed by atoms with van der Waals surface area (Å²) in [5.41, 5.74) is 1.47. The zero-order valence-electron chi connectivity index (χ0n) is 19.0. The van der Waals surface area contributed by atoms with Gasteiger partial charge >= 0.3 is 11.9 Å². The molecule has 3 aliphatic rings. The third-order valence-corrected chi connectivity index (χ3v) is 7.77. The number of fused-ring (bicyclic) bond motifs is 1. The molecule has 1 saturated carbocycles. The molecule has 4 heteroatoms. The summed E-state index contributed by atoms with van der Waals surface area (Å²) in [6.45, 7) is 10.9. The molecule has 0 aromatic heterocycles. The molecule has 1 unspecified atom stereocenters. The summed E-state index contributed by atoms with van der Waals surface area (Å²) in [6.07, 6.45) is 9.96. The Morgan fingerprint density at radius 3 is 2.72 bits per heavy atom. The standard InChI is InChI=1S/C25H40O4/c1-6-16(3)25(27)29-22-13-15(2)12-21-18(5)14-17(4)20(24(21)22)11-10-19-8-7-9-23(26)28-19/h14-17,19-22,24H,6-13H2,1-5H3/t15-,16?,17+,19+,20-,21+,22-,24+/m0/s1. The Morgan fingerprint density at radius 1 is 1.28 bits per heavy atom. The summed E-state index contributed by atoms with van der Waals surface area (Å²) >= 11 is 0. The molecule has 164 valence electrons. The Morgan fingerprint density at radius 2 is 2.03 bits per heavy atom. The number of carbonyl (C=O) groups excluding carboxylic acids is 2. The minimum atomic E-state index is -0.0431. The van der Waals surface area contributed by atoms with Crippen LogP contribution in [0.1, 0.15) is 86.0 Å². The summed E-state index contributed by atoms with van der Waals surface area (Å²) in [5.74, 6) is 2.29. The van der Waals surface area contributed by atoms with Crippen LogP contribution in [0.3, 0.4) is 0 Å². The first-order chi connectivity index (χ1) is 13.8. The largest absolute Gasteiger partial charge is 0.462 e. The number of ether oxygens (including phenoxy) is 2. The van der Waals surface area contributed by atoms with Crippen LogP contribution in [0.2, 0.25) is 0 Å². The second-order valence-corrected chi connectivity index (χ2v) is 10.1. The first-order valence-corrected chi connectivity index (χ1v) is 11.9. The van der Waals surface area contributed by atoms with Crippen LogP contribution in [0.4, 0.5) is 0 Å². The minimum absolute atomic E-state index is 0.00950. The average molecular weight is 405 g/mol. The number of carbonyl (C=O) groups is 2. The van der Waals surface area contributed by atoms with E-state index in [0.29, 0.717) is 36.0 Å². The molecule has 3 rings (SSSR count). The van der Waals surface area contributed by atoms with Gasteiger partial charge in [0.05, 0.1) is 5.92 Å². The van der Waals surface area contributed by atoms with Crippen molar-refractivity contribution in [1.82, 2.24) is 0 Å². The number of allylic oxidation sites excluding steroid dienone is 2. The Balaban J connectivity index is 1.76. The van der Waals surface area contributed by atoms with E-state index in [4.69, 9.17) is 9.47 Å². The van der Waals surface area contributed by atoms with Gasteiger partial charge in [-0.15, -0.1) is 0 Å². The Hall–Kier alpha value is -1.32. The molecule has 0 amide bonds. The topological polar surface area (TPSA) is 52.6 Å². The minimum Gasteiger partial charge on any atom is -0.462 e. The van der Waals surface area contributed by atoms with Gasteiger partial charge in [0.1, 0.15) is 12.2 Å². The van der Waals surface area contributed by atoms with Gasteiger partial charge in [0.2, 0.25) is 0 Å². The van der Waals surface area contributed by atoms with E-state index in [-0.39, 0.29) is 30.1 Å². The van der Waals surface area contributed by atoms with E-state index in [9.17, 15) is 9.59 Å². The molecule has 1 aliphatic heterocycles. The monoisotopic (exact) mass is 404 g/mol. The lowest BCUT2D eigenvalue weighted by molar-refractivity contribution is -0.165. The van der Waals surface area contributed by atoms with Crippen LogP contribution in [0, 0.1) is 35.5 Å². The summed E-state index contributed by atoms with van der Waals surface area (Å²) in [4.78, 5) is 24.3. The molecule has 8 atom stereocenters. The van der Waals surface area contributed by atoms with Crippen molar-refractivity contribution in [2.75, 3.05) is 0 Å². The van der Waals surface area contributed by atoms with Crippen LogP contribution < -0.4 is 0 Å². The molecule has 2 fully saturated rings. The van der Waals surface area contributed by atoms with E-state index in [2.05, 4.69) is 26.8 Å². The van der Waals surface area contributed by atoms with Gasteiger partial charge in [-0.1, -0.05) is 39.3 Å². The molecule has 1 heterocycles. The first-order valence-electron chi connectivity index (χ1n) is 11.9. The quantitative estimate of drug-likeness (QED) is 0.421. The highest BCUT2D eigenvalue weighted by molar-refractivity contribution is 5.72. The van der Waals surface area contributed by atoms with Gasteiger partial charge in [-0.2, -0.15) is 0 Å². The van der Waals surface area contributed by atoms with Crippen LogP contribution in [-0.4, -0.2) is 24.1 Å². The fourth-order valence-corrected chi connectivity index (χ4v) is 5.95. The number of cyclic esters (lactones) is 1. The molecular weight excluding hydrogens is 364 g/mol. The summed E-state index contributed by atoms with van der Waals surface area (Å²) in [7, 11) is 0. The predicted molar refractivity (Wildman–Crippen MR) is 114 cm³/mol. The van der Waals surface area contributed by atoms with Gasteiger partial charge in [0, 0.05) is 12.3 Å². The lowest BCUT2D eigenvalue weighted by Gasteiger charge is -2.49. The van der Waals surface area contributed by atoms with Crippen molar-refractivity contribution in [3.8, 4) is 0 Å². The van der Waals surface area contributed by atoms with Gasteiger partial charge < -0.3 is 9.47 Å². The maximum absolute atomic E-state index is 12.6. The summed E-state index contributed by atoms with van der Waals surface area (Å²) < 4.78 is 11.8. The molecule has 0 aromatic carbocycles. The van der Waals surface area contributed by atoms with E-state index >= 15 is 0 Å².